The Kier molecular flexibility index (Phi) is 5.69. The van der Waals surface area contributed by atoms with Crippen LogP contribution in [0.4, 0.5) is 0 Å². The first kappa shape index (κ1) is 14.7. The van der Waals surface area contributed by atoms with Gasteiger partial charge in [0.1, 0.15) is 0 Å². The molecule has 0 saturated carbocycles. The van der Waals surface area contributed by atoms with Crippen molar-refractivity contribution in [2.75, 3.05) is 12.3 Å². The van der Waals surface area contributed by atoms with Gasteiger partial charge in [0.2, 0.25) is 5.91 Å². The van der Waals surface area contributed by atoms with Gasteiger partial charge in [-0.25, -0.2) is 0 Å². The van der Waals surface area contributed by atoms with Crippen LogP contribution in [0.15, 0.2) is 59.5 Å². The number of carbonyl (C=O) groups excluding carboxylic acids is 1. The Balaban J connectivity index is 1.90. The fourth-order valence-corrected chi connectivity index (χ4v) is 2.57. The molecule has 2 aromatic carbocycles. The lowest BCUT2D eigenvalue weighted by atomic mass is 10.1. The van der Waals surface area contributed by atoms with Gasteiger partial charge in [-0.2, -0.15) is 0 Å². The van der Waals surface area contributed by atoms with Crippen LogP contribution < -0.4 is 5.32 Å². The van der Waals surface area contributed by atoms with Crippen molar-refractivity contribution < 1.29 is 4.79 Å². The largest absolute Gasteiger partial charge is 0.355 e. The Morgan fingerprint density at radius 2 is 1.65 bits per heavy atom. The molecule has 0 aromatic heterocycles. The van der Waals surface area contributed by atoms with Crippen LogP contribution in [0.25, 0.3) is 11.1 Å². The lowest BCUT2D eigenvalue weighted by molar-refractivity contribution is -0.118. The van der Waals surface area contributed by atoms with Gasteiger partial charge in [-0.1, -0.05) is 49.4 Å². The molecule has 1 amide bonds. The summed E-state index contributed by atoms with van der Waals surface area (Å²) >= 11 is 1.57. The maximum atomic E-state index is 11.5. The van der Waals surface area contributed by atoms with Crippen LogP contribution in [0.3, 0.4) is 0 Å². The van der Waals surface area contributed by atoms with Crippen LogP contribution in [0.1, 0.15) is 13.3 Å². The number of carbonyl (C=O) groups is 1. The van der Waals surface area contributed by atoms with Crippen LogP contribution in [-0.2, 0) is 4.79 Å². The molecule has 2 aromatic rings. The number of thioether (sulfide) groups is 1. The zero-order valence-electron chi connectivity index (χ0n) is 11.6. The van der Waals surface area contributed by atoms with Crippen LogP contribution in [0.5, 0.6) is 0 Å². The maximum Gasteiger partial charge on any atom is 0.230 e. The van der Waals surface area contributed by atoms with E-state index in [2.05, 4.69) is 48.6 Å². The summed E-state index contributed by atoms with van der Waals surface area (Å²) in [4.78, 5) is 12.7. The third-order valence-electron chi connectivity index (χ3n) is 2.90. The summed E-state index contributed by atoms with van der Waals surface area (Å²) in [6.45, 7) is 2.81. The normalized spacial score (nSPS) is 10.2. The molecule has 2 nitrogen and oxygen atoms in total. The first-order valence-corrected chi connectivity index (χ1v) is 7.83. The molecule has 3 heteroatoms. The Morgan fingerprint density at radius 1 is 1.00 bits per heavy atom. The topological polar surface area (TPSA) is 29.1 Å². The minimum absolute atomic E-state index is 0.101. The van der Waals surface area contributed by atoms with E-state index >= 15 is 0 Å². The first-order valence-electron chi connectivity index (χ1n) is 6.84. The minimum Gasteiger partial charge on any atom is -0.355 e. The van der Waals surface area contributed by atoms with Crippen molar-refractivity contribution in [2.45, 2.75) is 18.2 Å². The quantitative estimate of drug-likeness (QED) is 0.814. The highest BCUT2D eigenvalue weighted by Gasteiger charge is 2.02. The second-order valence-corrected chi connectivity index (χ2v) is 5.58. The summed E-state index contributed by atoms with van der Waals surface area (Å²) in [5, 5.41) is 2.88. The number of hydrogen-bond acceptors (Lipinski definition) is 2. The van der Waals surface area contributed by atoms with Crippen molar-refractivity contribution in [2.24, 2.45) is 0 Å². The highest BCUT2D eigenvalue weighted by atomic mass is 32.2. The van der Waals surface area contributed by atoms with Crippen LogP contribution in [0, 0.1) is 0 Å². The van der Waals surface area contributed by atoms with Crippen LogP contribution in [-0.4, -0.2) is 18.2 Å². The highest BCUT2D eigenvalue weighted by Crippen LogP contribution is 2.23. The molecule has 0 atom stereocenters. The molecule has 0 bridgehead atoms. The lowest BCUT2D eigenvalue weighted by Gasteiger charge is -2.05. The zero-order chi connectivity index (χ0) is 14.2. The van der Waals surface area contributed by atoms with Crippen molar-refractivity contribution in [1.29, 1.82) is 0 Å². The first-order chi connectivity index (χ1) is 9.79. The van der Waals surface area contributed by atoms with Crippen LogP contribution >= 0.6 is 11.8 Å². The molecular weight excluding hydrogens is 266 g/mol. The van der Waals surface area contributed by atoms with Crippen molar-refractivity contribution in [1.82, 2.24) is 5.32 Å². The molecule has 0 saturated heterocycles. The van der Waals surface area contributed by atoms with Gasteiger partial charge in [-0.3, -0.25) is 4.79 Å². The van der Waals surface area contributed by atoms with Gasteiger partial charge in [0.05, 0.1) is 5.75 Å². The summed E-state index contributed by atoms with van der Waals surface area (Å²) in [6, 6.07) is 18.6. The Hall–Kier alpha value is -1.74. The smallest absolute Gasteiger partial charge is 0.230 e. The summed E-state index contributed by atoms with van der Waals surface area (Å²) in [6.07, 6.45) is 0.974. The molecule has 0 aliphatic rings. The molecule has 104 valence electrons. The van der Waals surface area contributed by atoms with E-state index in [0.29, 0.717) is 5.75 Å². The van der Waals surface area contributed by atoms with Crippen LogP contribution in [0.2, 0.25) is 0 Å². The number of rotatable bonds is 6. The molecule has 0 aliphatic heterocycles. The Labute approximate surface area is 124 Å². The van der Waals surface area contributed by atoms with Gasteiger partial charge < -0.3 is 5.32 Å². The standard InChI is InChI=1S/C17H19NOS/c1-2-12-18-17(19)13-20-16-10-8-15(9-11-16)14-6-4-3-5-7-14/h3-11H,2,12-13H2,1H3,(H,18,19). The number of benzene rings is 2. The fraction of sp³-hybridized carbons (Fsp3) is 0.235. The molecule has 0 unspecified atom stereocenters. The highest BCUT2D eigenvalue weighted by molar-refractivity contribution is 8.00. The molecule has 0 fully saturated rings. The molecule has 1 N–H and O–H groups in total. The minimum atomic E-state index is 0.101. The number of hydrogen-bond donors (Lipinski definition) is 1. The summed E-state index contributed by atoms with van der Waals surface area (Å²) in [5.41, 5.74) is 2.41. The fourth-order valence-electron chi connectivity index (χ4n) is 1.84. The van der Waals surface area contributed by atoms with Gasteiger partial charge in [0, 0.05) is 11.4 Å². The Bertz CT molecular complexity index is 537. The second kappa shape index (κ2) is 7.75. The van der Waals surface area contributed by atoms with Gasteiger partial charge >= 0.3 is 0 Å². The van der Waals surface area contributed by atoms with E-state index in [1.165, 1.54) is 11.1 Å². The van der Waals surface area contributed by atoms with E-state index in [9.17, 15) is 4.79 Å². The SMILES string of the molecule is CCCNC(=O)CSc1ccc(-c2ccccc2)cc1. The molecule has 0 aliphatic carbocycles. The molecule has 0 radical (unpaired) electrons. The second-order valence-electron chi connectivity index (χ2n) is 4.53. The zero-order valence-corrected chi connectivity index (χ0v) is 12.5. The summed E-state index contributed by atoms with van der Waals surface area (Å²) in [7, 11) is 0. The van der Waals surface area contributed by atoms with E-state index in [1.807, 2.05) is 18.2 Å². The number of amides is 1. The average Bonchev–Trinajstić information content (AvgIpc) is 2.52. The van der Waals surface area contributed by atoms with E-state index < -0.39 is 0 Å². The van der Waals surface area contributed by atoms with Gasteiger partial charge in [-0.05, 0) is 29.7 Å². The van der Waals surface area contributed by atoms with Gasteiger partial charge in [0.15, 0.2) is 0 Å². The third kappa shape index (κ3) is 4.42. The van der Waals surface area contributed by atoms with Gasteiger partial charge in [-0.15, -0.1) is 11.8 Å². The van der Waals surface area contributed by atoms with E-state index in [0.717, 1.165) is 17.9 Å². The predicted octanol–water partition coefficient (Wildman–Crippen LogP) is 3.97. The molecule has 0 heterocycles. The van der Waals surface area contributed by atoms with Crippen molar-refractivity contribution >= 4 is 17.7 Å². The van der Waals surface area contributed by atoms with Crippen molar-refractivity contribution in [3.63, 3.8) is 0 Å². The van der Waals surface area contributed by atoms with Crippen molar-refractivity contribution in [3.05, 3.63) is 54.6 Å². The number of nitrogens with one attached hydrogen (secondary N) is 1. The Morgan fingerprint density at radius 3 is 2.30 bits per heavy atom. The van der Waals surface area contributed by atoms with E-state index in [-0.39, 0.29) is 5.91 Å². The van der Waals surface area contributed by atoms with E-state index in [1.54, 1.807) is 11.8 Å². The molecule has 20 heavy (non-hydrogen) atoms. The van der Waals surface area contributed by atoms with Gasteiger partial charge in [0.25, 0.3) is 0 Å². The molecule has 0 spiro atoms. The van der Waals surface area contributed by atoms with Crippen molar-refractivity contribution in [3.8, 4) is 11.1 Å². The summed E-state index contributed by atoms with van der Waals surface area (Å²) < 4.78 is 0. The molecular formula is C17H19NOS. The third-order valence-corrected chi connectivity index (χ3v) is 3.92. The average molecular weight is 285 g/mol. The van der Waals surface area contributed by atoms with E-state index in [4.69, 9.17) is 0 Å². The maximum absolute atomic E-state index is 11.5. The summed E-state index contributed by atoms with van der Waals surface area (Å²) in [5.74, 6) is 0.578. The lowest BCUT2D eigenvalue weighted by Crippen LogP contribution is -2.25. The molecule has 2 rings (SSSR count). The predicted molar refractivity (Wildman–Crippen MR) is 85.9 cm³/mol. The monoisotopic (exact) mass is 285 g/mol.